The number of aromatic nitrogens is 4. The van der Waals surface area contributed by atoms with Crippen molar-refractivity contribution in [2.45, 2.75) is 18.4 Å². The SMILES string of the molecule is COc1cccc(NC(=O)CSc2ccc3nnc(CCNC(=O)c4ccc(C)cc4)n3n2)c1. The Morgan fingerprint density at radius 1 is 1.06 bits per heavy atom. The van der Waals surface area contributed by atoms with E-state index in [2.05, 4.69) is 25.9 Å². The van der Waals surface area contributed by atoms with Crippen molar-refractivity contribution in [1.29, 1.82) is 0 Å². The number of ether oxygens (including phenoxy) is 1. The molecule has 0 spiro atoms. The summed E-state index contributed by atoms with van der Waals surface area (Å²) >= 11 is 1.31. The van der Waals surface area contributed by atoms with Gasteiger partial charge in [0.15, 0.2) is 11.5 Å². The van der Waals surface area contributed by atoms with Crippen LogP contribution in [0.1, 0.15) is 21.7 Å². The predicted octanol–water partition coefficient (Wildman–Crippen LogP) is 3.14. The fourth-order valence-electron chi connectivity index (χ4n) is 3.18. The second-order valence-corrected chi connectivity index (χ2v) is 8.49. The maximum atomic E-state index is 12.3. The van der Waals surface area contributed by atoms with Gasteiger partial charge >= 0.3 is 0 Å². The van der Waals surface area contributed by atoms with Gasteiger partial charge in [-0.25, -0.2) is 0 Å². The van der Waals surface area contributed by atoms with Gasteiger partial charge in [-0.1, -0.05) is 35.5 Å². The number of benzene rings is 2. The van der Waals surface area contributed by atoms with Crippen molar-refractivity contribution < 1.29 is 14.3 Å². The Morgan fingerprint density at radius 2 is 1.88 bits per heavy atom. The highest BCUT2D eigenvalue weighted by Gasteiger charge is 2.11. The molecule has 0 atom stereocenters. The average molecular weight is 477 g/mol. The smallest absolute Gasteiger partial charge is 0.251 e. The number of methoxy groups -OCH3 is 1. The molecule has 4 aromatic rings. The van der Waals surface area contributed by atoms with Crippen LogP contribution in [0.3, 0.4) is 0 Å². The van der Waals surface area contributed by atoms with Crippen LogP contribution in [-0.4, -0.2) is 51.0 Å². The fraction of sp³-hybridized carbons (Fsp3) is 0.208. The van der Waals surface area contributed by atoms with Gasteiger partial charge in [-0.2, -0.15) is 9.61 Å². The third kappa shape index (κ3) is 5.90. The highest BCUT2D eigenvalue weighted by molar-refractivity contribution is 7.99. The van der Waals surface area contributed by atoms with Crippen LogP contribution in [0.2, 0.25) is 0 Å². The van der Waals surface area contributed by atoms with Gasteiger partial charge in [0.25, 0.3) is 5.91 Å². The van der Waals surface area contributed by atoms with E-state index in [1.807, 2.05) is 31.2 Å². The monoisotopic (exact) mass is 476 g/mol. The number of carbonyl (C=O) groups is 2. The summed E-state index contributed by atoms with van der Waals surface area (Å²) < 4.78 is 6.81. The summed E-state index contributed by atoms with van der Waals surface area (Å²) in [5.74, 6) is 1.21. The molecule has 34 heavy (non-hydrogen) atoms. The molecule has 0 unspecified atom stereocenters. The van der Waals surface area contributed by atoms with Crippen molar-refractivity contribution in [3.63, 3.8) is 0 Å². The molecule has 4 rings (SSSR count). The number of amides is 2. The summed E-state index contributed by atoms with van der Waals surface area (Å²) in [5.41, 5.74) is 2.98. The van der Waals surface area contributed by atoms with Crippen LogP contribution < -0.4 is 15.4 Å². The van der Waals surface area contributed by atoms with Crippen molar-refractivity contribution in [3.05, 3.63) is 77.6 Å². The van der Waals surface area contributed by atoms with Gasteiger partial charge in [0.1, 0.15) is 10.8 Å². The van der Waals surface area contributed by atoms with Crippen molar-refractivity contribution in [1.82, 2.24) is 25.1 Å². The zero-order valence-corrected chi connectivity index (χ0v) is 19.6. The Morgan fingerprint density at radius 3 is 2.68 bits per heavy atom. The molecule has 174 valence electrons. The lowest BCUT2D eigenvalue weighted by Crippen LogP contribution is -2.26. The van der Waals surface area contributed by atoms with E-state index < -0.39 is 0 Å². The number of rotatable bonds is 9. The van der Waals surface area contributed by atoms with Crippen LogP contribution in [0.4, 0.5) is 5.69 Å². The van der Waals surface area contributed by atoms with Crippen LogP contribution in [0.25, 0.3) is 5.65 Å². The molecule has 0 aliphatic carbocycles. The molecule has 0 radical (unpaired) electrons. The van der Waals surface area contributed by atoms with Crippen LogP contribution in [0.5, 0.6) is 5.75 Å². The van der Waals surface area contributed by atoms with Gasteiger partial charge in [-0.3, -0.25) is 9.59 Å². The molecule has 2 amide bonds. The summed E-state index contributed by atoms with van der Waals surface area (Å²) in [6.45, 7) is 2.38. The number of hydrogen-bond donors (Lipinski definition) is 2. The summed E-state index contributed by atoms with van der Waals surface area (Å²) in [7, 11) is 1.58. The van der Waals surface area contributed by atoms with Crippen LogP contribution in [-0.2, 0) is 11.2 Å². The molecule has 2 heterocycles. The first-order chi connectivity index (χ1) is 16.5. The Bertz CT molecular complexity index is 1310. The summed E-state index contributed by atoms with van der Waals surface area (Å²) in [6.07, 6.45) is 0.468. The van der Waals surface area contributed by atoms with E-state index in [4.69, 9.17) is 4.74 Å². The second kappa shape index (κ2) is 10.8. The Kier molecular flexibility index (Phi) is 7.38. The van der Waals surface area contributed by atoms with Crippen molar-refractivity contribution in [2.24, 2.45) is 0 Å². The third-order valence-corrected chi connectivity index (χ3v) is 5.88. The van der Waals surface area contributed by atoms with E-state index in [0.29, 0.717) is 46.5 Å². The predicted molar refractivity (Wildman–Crippen MR) is 130 cm³/mol. The molecule has 2 aromatic carbocycles. The third-order valence-electron chi connectivity index (χ3n) is 4.96. The molecular formula is C24H24N6O3S. The number of aryl methyl sites for hydroxylation is 1. The largest absolute Gasteiger partial charge is 0.497 e. The van der Waals surface area contributed by atoms with E-state index >= 15 is 0 Å². The first kappa shape index (κ1) is 23.2. The minimum absolute atomic E-state index is 0.139. The van der Waals surface area contributed by atoms with Gasteiger partial charge in [0.05, 0.1) is 12.9 Å². The Hall–Kier alpha value is -3.92. The maximum absolute atomic E-state index is 12.3. The van der Waals surface area contributed by atoms with E-state index in [1.165, 1.54) is 11.8 Å². The molecule has 0 saturated heterocycles. The number of thioether (sulfide) groups is 1. The summed E-state index contributed by atoms with van der Waals surface area (Å²) in [6, 6.07) is 18.2. The van der Waals surface area contributed by atoms with Gasteiger partial charge < -0.3 is 15.4 Å². The lowest BCUT2D eigenvalue weighted by molar-refractivity contribution is -0.113. The molecule has 2 aromatic heterocycles. The second-order valence-electron chi connectivity index (χ2n) is 7.50. The van der Waals surface area contributed by atoms with Crippen molar-refractivity contribution in [3.8, 4) is 5.75 Å². The van der Waals surface area contributed by atoms with E-state index in [1.54, 1.807) is 48.0 Å². The van der Waals surface area contributed by atoms with E-state index in [-0.39, 0.29) is 17.6 Å². The molecule has 9 nitrogen and oxygen atoms in total. The molecule has 0 aliphatic rings. The standard InChI is InChI=1S/C24H24N6O3S/c1-16-6-8-17(9-7-16)24(32)25-13-12-21-28-27-20-10-11-23(29-30(20)21)34-15-22(31)26-18-4-3-5-19(14-18)33-2/h3-11,14H,12-13,15H2,1-2H3,(H,25,32)(H,26,31). The first-order valence-electron chi connectivity index (χ1n) is 10.6. The average Bonchev–Trinajstić information content (AvgIpc) is 3.25. The normalized spacial score (nSPS) is 10.8. The zero-order chi connectivity index (χ0) is 23.9. The zero-order valence-electron chi connectivity index (χ0n) is 18.8. The number of fused-ring (bicyclic) bond motifs is 1. The molecule has 0 saturated carbocycles. The molecule has 2 N–H and O–H groups in total. The van der Waals surface area contributed by atoms with Crippen molar-refractivity contribution in [2.75, 3.05) is 24.7 Å². The van der Waals surface area contributed by atoms with Crippen LogP contribution in [0.15, 0.2) is 65.7 Å². The molecule has 0 fully saturated rings. The molecule has 0 bridgehead atoms. The lowest BCUT2D eigenvalue weighted by atomic mass is 10.1. The molecule has 0 aliphatic heterocycles. The molecular weight excluding hydrogens is 452 g/mol. The quantitative estimate of drug-likeness (QED) is 0.357. The van der Waals surface area contributed by atoms with Crippen LogP contribution in [0, 0.1) is 6.92 Å². The minimum atomic E-state index is -0.150. The number of carbonyl (C=O) groups excluding carboxylic acids is 2. The number of hydrogen-bond acceptors (Lipinski definition) is 7. The number of nitrogens with one attached hydrogen (secondary N) is 2. The number of anilines is 1. The lowest BCUT2D eigenvalue weighted by Gasteiger charge is -2.07. The fourth-order valence-corrected chi connectivity index (χ4v) is 3.84. The Labute approximate surface area is 200 Å². The van der Waals surface area contributed by atoms with Gasteiger partial charge in [0, 0.05) is 30.3 Å². The molecule has 10 heteroatoms. The van der Waals surface area contributed by atoms with E-state index in [9.17, 15) is 9.59 Å². The Balaban J connectivity index is 1.33. The minimum Gasteiger partial charge on any atom is -0.497 e. The van der Waals surface area contributed by atoms with Gasteiger partial charge in [-0.05, 0) is 43.3 Å². The highest BCUT2D eigenvalue weighted by Crippen LogP contribution is 2.19. The first-order valence-corrected chi connectivity index (χ1v) is 11.6. The van der Waals surface area contributed by atoms with E-state index in [0.717, 1.165) is 5.56 Å². The summed E-state index contributed by atoms with van der Waals surface area (Å²) in [4.78, 5) is 24.6. The van der Waals surface area contributed by atoms with Gasteiger partial charge in [0.2, 0.25) is 5.91 Å². The highest BCUT2D eigenvalue weighted by atomic mass is 32.2. The maximum Gasteiger partial charge on any atom is 0.251 e. The number of nitrogens with zero attached hydrogens (tertiary/aromatic N) is 4. The van der Waals surface area contributed by atoms with Gasteiger partial charge in [-0.15, -0.1) is 10.2 Å². The topological polar surface area (TPSA) is 111 Å². The van der Waals surface area contributed by atoms with Crippen molar-refractivity contribution >= 4 is 34.9 Å². The van der Waals surface area contributed by atoms with Crippen LogP contribution >= 0.6 is 11.8 Å². The summed E-state index contributed by atoms with van der Waals surface area (Å²) in [5, 5.41) is 19.3.